The van der Waals surface area contributed by atoms with E-state index < -0.39 is 0 Å². The van der Waals surface area contributed by atoms with Gasteiger partial charge >= 0.3 is 0 Å². The summed E-state index contributed by atoms with van der Waals surface area (Å²) in [4.78, 5) is 13.8. The maximum absolute atomic E-state index is 12.0. The summed E-state index contributed by atoms with van der Waals surface area (Å²) in [7, 11) is 0. The molecule has 2 rings (SSSR count). The number of carbonyl (C=O) groups excluding carboxylic acids is 1. The number of rotatable bonds is 2. The second-order valence-corrected chi connectivity index (χ2v) is 5.41. The predicted octanol–water partition coefficient (Wildman–Crippen LogP) is 2.61. The minimum absolute atomic E-state index is 0.0450. The number of nitrogens with zero attached hydrogens (tertiary/aromatic N) is 1. The first-order chi connectivity index (χ1) is 9.06. The molecule has 1 saturated heterocycles. The summed E-state index contributed by atoms with van der Waals surface area (Å²) in [5.41, 5.74) is 7.80. The van der Waals surface area contributed by atoms with Gasteiger partial charge in [-0.3, -0.25) is 4.79 Å². The molecule has 2 N–H and O–H groups in total. The van der Waals surface area contributed by atoms with Crippen LogP contribution in [0.25, 0.3) is 6.08 Å². The Morgan fingerprint density at radius 2 is 2.11 bits per heavy atom. The van der Waals surface area contributed by atoms with Crippen molar-refractivity contribution < 1.29 is 4.79 Å². The minimum Gasteiger partial charge on any atom is -0.339 e. The van der Waals surface area contributed by atoms with E-state index in [2.05, 4.69) is 0 Å². The van der Waals surface area contributed by atoms with E-state index >= 15 is 0 Å². The van der Waals surface area contributed by atoms with E-state index in [0.29, 0.717) is 0 Å². The minimum atomic E-state index is 0.0450. The molecule has 0 aromatic heterocycles. The molecule has 0 saturated carbocycles. The number of hydrogen-bond donors (Lipinski definition) is 1. The SMILES string of the molecule is Cc1ccc(/C=C/C(=O)N2CCC(N)CC2)cc1Cl. The zero-order valence-electron chi connectivity index (χ0n) is 11.1. The van der Waals surface area contributed by atoms with E-state index in [1.54, 1.807) is 6.08 Å². The molecular formula is C15H19ClN2O. The smallest absolute Gasteiger partial charge is 0.246 e. The molecule has 19 heavy (non-hydrogen) atoms. The summed E-state index contributed by atoms with van der Waals surface area (Å²) in [6, 6.07) is 6.01. The topological polar surface area (TPSA) is 46.3 Å². The summed E-state index contributed by atoms with van der Waals surface area (Å²) in [6.07, 6.45) is 5.19. The van der Waals surface area contributed by atoms with Crippen LogP contribution in [-0.4, -0.2) is 29.9 Å². The number of piperidine rings is 1. The van der Waals surface area contributed by atoms with E-state index in [1.807, 2.05) is 36.1 Å². The van der Waals surface area contributed by atoms with Gasteiger partial charge in [-0.1, -0.05) is 23.7 Å². The van der Waals surface area contributed by atoms with Crippen molar-refractivity contribution in [2.75, 3.05) is 13.1 Å². The van der Waals surface area contributed by atoms with E-state index in [-0.39, 0.29) is 11.9 Å². The van der Waals surface area contributed by atoms with Crippen LogP contribution in [0.1, 0.15) is 24.0 Å². The van der Waals surface area contributed by atoms with Gasteiger partial charge in [0, 0.05) is 30.2 Å². The third kappa shape index (κ3) is 3.82. The molecule has 3 nitrogen and oxygen atoms in total. The van der Waals surface area contributed by atoms with Gasteiger partial charge in [-0.25, -0.2) is 0 Å². The molecule has 1 aliphatic rings. The van der Waals surface area contributed by atoms with Gasteiger partial charge < -0.3 is 10.6 Å². The predicted molar refractivity (Wildman–Crippen MR) is 79.0 cm³/mol. The summed E-state index contributed by atoms with van der Waals surface area (Å²) in [5, 5.41) is 0.721. The van der Waals surface area contributed by atoms with E-state index in [4.69, 9.17) is 17.3 Å². The molecule has 0 bridgehead atoms. The third-order valence-corrected chi connectivity index (χ3v) is 3.87. The number of benzene rings is 1. The summed E-state index contributed by atoms with van der Waals surface area (Å²) < 4.78 is 0. The maximum Gasteiger partial charge on any atom is 0.246 e. The molecule has 102 valence electrons. The van der Waals surface area contributed by atoms with E-state index in [9.17, 15) is 4.79 Å². The van der Waals surface area contributed by atoms with Crippen LogP contribution in [0.4, 0.5) is 0 Å². The molecule has 0 aliphatic carbocycles. The highest BCUT2D eigenvalue weighted by atomic mass is 35.5. The Kier molecular flexibility index (Phi) is 4.61. The van der Waals surface area contributed by atoms with Gasteiger partial charge in [0.1, 0.15) is 0 Å². The summed E-state index contributed by atoms with van der Waals surface area (Å²) in [5.74, 6) is 0.0450. The molecule has 1 aromatic carbocycles. The number of halogens is 1. The lowest BCUT2D eigenvalue weighted by atomic mass is 10.1. The van der Waals surface area contributed by atoms with Crippen LogP contribution in [0.15, 0.2) is 24.3 Å². The van der Waals surface area contributed by atoms with Crippen molar-refractivity contribution in [1.29, 1.82) is 0 Å². The van der Waals surface area contributed by atoms with Gasteiger partial charge in [-0.15, -0.1) is 0 Å². The first kappa shape index (κ1) is 14.1. The van der Waals surface area contributed by atoms with Crippen molar-refractivity contribution in [3.63, 3.8) is 0 Å². The van der Waals surface area contributed by atoms with Gasteiger partial charge in [0.25, 0.3) is 0 Å². The Morgan fingerprint density at radius 1 is 1.42 bits per heavy atom. The monoisotopic (exact) mass is 278 g/mol. The van der Waals surface area contributed by atoms with Crippen LogP contribution in [0.3, 0.4) is 0 Å². The van der Waals surface area contributed by atoms with Gasteiger partial charge in [-0.2, -0.15) is 0 Å². The molecule has 0 atom stereocenters. The molecule has 1 aliphatic heterocycles. The standard InChI is InChI=1S/C15H19ClN2O/c1-11-2-3-12(10-14(11)16)4-5-15(19)18-8-6-13(17)7-9-18/h2-5,10,13H,6-9,17H2,1H3/b5-4+. The molecular weight excluding hydrogens is 260 g/mol. The average molecular weight is 279 g/mol. The fourth-order valence-electron chi connectivity index (χ4n) is 2.11. The maximum atomic E-state index is 12.0. The van der Waals surface area contributed by atoms with Crippen molar-refractivity contribution >= 4 is 23.6 Å². The highest BCUT2D eigenvalue weighted by Crippen LogP contribution is 2.17. The Balaban J connectivity index is 1.98. The van der Waals surface area contributed by atoms with Crippen LogP contribution in [0.5, 0.6) is 0 Å². The molecule has 1 heterocycles. The Morgan fingerprint density at radius 3 is 2.74 bits per heavy atom. The first-order valence-corrected chi connectivity index (χ1v) is 6.93. The normalized spacial score (nSPS) is 17.1. The van der Waals surface area contributed by atoms with Gasteiger partial charge in [0.2, 0.25) is 5.91 Å². The Hall–Kier alpha value is -1.32. The average Bonchev–Trinajstić information content (AvgIpc) is 2.40. The highest BCUT2D eigenvalue weighted by Gasteiger charge is 2.18. The lowest BCUT2D eigenvalue weighted by Gasteiger charge is -2.29. The number of hydrogen-bond acceptors (Lipinski definition) is 2. The van der Waals surface area contributed by atoms with Crippen molar-refractivity contribution in [1.82, 2.24) is 4.90 Å². The van der Waals surface area contributed by atoms with E-state index in [0.717, 1.165) is 42.1 Å². The molecule has 0 radical (unpaired) electrons. The van der Waals surface area contributed by atoms with Gasteiger partial charge in [0.05, 0.1) is 0 Å². The summed E-state index contributed by atoms with van der Waals surface area (Å²) in [6.45, 7) is 3.45. The number of carbonyl (C=O) groups is 1. The number of likely N-dealkylation sites (tertiary alicyclic amines) is 1. The highest BCUT2D eigenvalue weighted by molar-refractivity contribution is 6.31. The number of amides is 1. The largest absolute Gasteiger partial charge is 0.339 e. The lowest BCUT2D eigenvalue weighted by Crippen LogP contribution is -2.42. The van der Waals surface area contributed by atoms with Crippen LogP contribution in [0.2, 0.25) is 5.02 Å². The van der Waals surface area contributed by atoms with Crippen molar-refractivity contribution in [2.24, 2.45) is 5.73 Å². The Labute approximate surface area is 119 Å². The fraction of sp³-hybridized carbons (Fsp3) is 0.400. The first-order valence-electron chi connectivity index (χ1n) is 6.55. The van der Waals surface area contributed by atoms with Crippen molar-refractivity contribution in [2.45, 2.75) is 25.8 Å². The van der Waals surface area contributed by atoms with Crippen LogP contribution >= 0.6 is 11.6 Å². The van der Waals surface area contributed by atoms with Crippen molar-refractivity contribution in [3.05, 3.63) is 40.4 Å². The zero-order chi connectivity index (χ0) is 13.8. The lowest BCUT2D eigenvalue weighted by molar-refractivity contribution is -0.126. The molecule has 0 unspecified atom stereocenters. The molecule has 0 spiro atoms. The van der Waals surface area contributed by atoms with Crippen LogP contribution in [0, 0.1) is 6.92 Å². The molecule has 1 aromatic rings. The van der Waals surface area contributed by atoms with Crippen LogP contribution < -0.4 is 5.73 Å². The fourth-order valence-corrected chi connectivity index (χ4v) is 2.29. The zero-order valence-corrected chi connectivity index (χ0v) is 11.9. The second-order valence-electron chi connectivity index (χ2n) is 5.00. The summed E-state index contributed by atoms with van der Waals surface area (Å²) >= 11 is 6.05. The van der Waals surface area contributed by atoms with Gasteiger partial charge in [0.15, 0.2) is 0 Å². The van der Waals surface area contributed by atoms with E-state index in [1.165, 1.54) is 0 Å². The number of nitrogens with two attached hydrogens (primary N) is 1. The molecule has 4 heteroatoms. The second kappa shape index (κ2) is 6.22. The van der Waals surface area contributed by atoms with Gasteiger partial charge in [-0.05, 0) is 43.0 Å². The quantitative estimate of drug-likeness (QED) is 0.846. The Bertz CT molecular complexity index is 491. The third-order valence-electron chi connectivity index (χ3n) is 3.47. The van der Waals surface area contributed by atoms with Crippen molar-refractivity contribution in [3.8, 4) is 0 Å². The molecule has 1 amide bonds. The van der Waals surface area contributed by atoms with Crippen LogP contribution in [-0.2, 0) is 4.79 Å². The number of aryl methyl sites for hydroxylation is 1. The molecule has 1 fully saturated rings.